The number of carbonyl (C=O) groups excluding carboxylic acids is 1. The first-order valence-corrected chi connectivity index (χ1v) is 7.99. The summed E-state index contributed by atoms with van der Waals surface area (Å²) in [5.74, 6) is 0.373. The molecule has 1 saturated carbocycles. The molecule has 1 N–H and O–H groups in total. The highest BCUT2D eigenvalue weighted by atomic mass is 32.1. The van der Waals surface area contributed by atoms with Crippen LogP contribution in [0.4, 0.5) is 4.39 Å². The maximum Gasteiger partial charge on any atom is 0.226 e. The van der Waals surface area contributed by atoms with Crippen molar-refractivity contribution in [1.82, 2.24) is 10.3 Å². The molecule has 1 amide bonds. The van der Waals surface area contributed by atoms with Gasteiger partial charge in [-0.2, -0.15) is 0 Å². The van der Waals surface area contributed by atoms with E-state index < -0.39 is 0 Å². The third kappa shape index (κ3) is 3.67. The molecule has 1 aliphatic rings. The molecule has 1 aromatic heterocycles. The molecule has 0 spiro atoms. The Morgan fingerprint density at radius 2 is 2.33 bits per heavy atom. The molecule has 1 heterocycles. The fourth-order valence-corrected chi connectivity index (χ4v) is 3.14. The number of halogens is 1. The normalized spacial score (nSPS) is 15.7. The van der Waals surface area contributed by atoms with Gasteiger partial charge in [0.2, 0.25) is 5.91 Å². The lowest BCUT2D eigenvalue weighted by Gasteiger charge is -2.11. The van der Waals surface area contributed by atoms with E-state index in [1.165, 1.54) is 36.3 Å². The van der Waals surface area contributed by atoms with Crippen LogP contribution in [-0.2, 0) is 11.2 Å². The molecule has 21 heavy (non-hydrogen) atoms. The van der Waals surface area contributed by atoms with Gasteiger partial charge in [-0.1, -0.05) is 12.1 Å². The van der Waals surface area contributed by atoms with Crippen molar-refractivity contribution in [2.45, 2.75) is 32.2 Å². The van der Waals surface area contributed by atoms with E-state index in [1.807, 2.05) is 11.4 Å². The number of nitrogens with one attached hydrogen (secondary N) is 1. The lowest BCUT2D eigenvalue weighted by Crippen LogP contribution is -2.35. The fraction of sp³-hybridized carbons (Fsp3) is 0.375. The van der Waals surface area contributed by atoms with Crippen LogP contribution in [0.5, 0.6) is 0 Å². The fourth-order valence-electron chi connectivity index (χ4n) is 2.33. The van der Waals surface area contributed by atoms with Crippen LogP contribution in [0.3, 0.4) is 0 Å². The Balaban J connectivity index is 1.63. The summed E-state index contributed by atoms with van der Waals surface area (Å²) in [5.41, 5.74) is 1.48. The number of benzene rings is 1. The monoisotopic (exact) mass is 304 g/mol. The molecule has 0 radical (unpaired) electrons. The second-order valence-electron chi connectivity index (χ2n) is 5.52. The number of hydrogen-bond donors (Lipinski definition) is 1. The van der Waals surface area contributed by atoms with Gasteiger partial charge in [0.15, 0.2) is 0 Å². The summed E-state index contributed by atoms with van der Waals surface area (Å²) in [6.45, 7) is 2.05. The van der Waals surface area contributed by atoms with Crippen LogP contribution in [0.2, 0.25) is 0 Å². The highest BCUT2D eigenvalue weighted by Gasteiger charge is 2.28. The molecule has 0 aliphatic heterocycles. The number of carbonyl (C=O) groups is 1. The molecule has 1 atom stereocenters. The largest absolute Gasteiger partial charge is 0.353 e. The zero-order chi connectivity index (χ0) is 14.8. The lowest BCUT2D eigenvalue weighted by atomic mass is 10.2. The van der Waals surface area contributed by atoms with Crippen molar-refractivity contribution in [2.24, 2.45) is 5.92 Å². The Labute approximate surface area is 127 Å². The third-order valence-corrected chi connectivity index (χ3v) is 4.62. The SMILES string of the molecule is CC(NC(=O)Cc1csc(-c2cccc(F)c2)n1)C1CC1. The first kappa shape index (κ1) is 14.2. The first-order valence-electron chi connectivity index (χ1n) is 7.11. The number of amides is 1. The van der Waals surface area contributed by atoms with Gasteiger partial charge in [0, 0.05) is 17.0 Å². The van der Waals surface area contributed by atoms with Crippen LogP contribution >= 0.6 is 11.3 Å². The Bertz CT molecular complexity index is 651. The van der Waals surface area contributed by atoms with E-state index in [9.17, 15) is 9.18 Å². The van der Waals surface area contributed by atoms with Crippen molar-refractivity contribution in [1.29, 1.82) is 0 Å². The van der Waals surface area contributed by atoms with Crippen molar-refractivity contribution >= 4 is 17.2 Å². The Hall–Kier alpha value is -1.75. The van der Waals surface area contributed by atoms with E-state index in [2.05, 4.69) is 17.2 Å². The van der Waals surface area contributed by atoms with Crippen LogP contribution in [0, 0.1) is 11.7 Å². The highest BCUT2D eigenvalue weighted by Crippen LogP contribution is 2.32. The first-order chi connectivity index (χ1) is 10.1. The van der Waals surface area contributed by atoms with Crippen molar-refractivity contribution in [2.75, 3.05) is 0 Å². The molecule has 1 unspecified atom stereocenters. The number of thiazole rings is 1. The van der Waals surface area contributed by atoms with Crippen molar-refractivity contribution < 1.29 is 9.18 Å². The van der Waals surface area contributed by atoms with Gasteiger partial charge in [0.1, 0.15) is 10.8 Å². The molecule has 0 saturated heterocycles. The van der Waals surface area contributed by atoms with Gasteiger partial charge in [-0.25, -0.2) is 9.37 Å². The molecule has 3 nitrogen and oxygen atoms in total. The average molecular weight is 304 g/mol. The predicted octanol–water partition coefficient (Wildman–Crippen LogP) is 3.41. The molecule has 5 heteroatoms. The number of aromatic nitrogens is 1. The van der Waals surface area contributed by atoms with E-state index in [0.717, 1.165) is 16.3 Å². The zero-order valence-corrected chi connectivity index (χ0v) is 12.6. The average Bonchev–Trinajstić information content (AvgIpc) is 3.19. The van der Waals surface area contributed by atoms with Crippen LogP contribution in [0.1, 0.15) is 25.5 Å². The minimum atomic E-state index is -0.278. The Kier molecular flexibility index (Phi) is 4.01. The molecular weight excluding hydrogens is 287 g/mol. The summed E-state index contributed by atoms with van der Waals surface area (Å²) < 4.78 is 13.2. The van der Waals surface area contributed by atoms with Crippen LogP contribution in [0.15, 0.2) is 29.6 Å². The van der Waals surface area contributed by atoms with Crippen LogP contribution in [0.25, 0.3) is 10.6 Å². The number of hydrogen-bond acceptors (Lipinski definition) is 3. The summed E-state index contributed by atoms with van der Waals surface area (Å²) in [6.07, 6.45) is 2.70. The van der Waals surface area contributed by atoms with Gasteiger partial charge in [0.05, 0.1) is 12.1 Å². The van der Waals surface area contributed by atoms with Gasteiger partial charge >= 0.3 is 0 Å². The second kappa shape index (κ2) is 5.93. The zero-order valence-electron chi connectivity index (χ0n) is 11.8. The third-order valence-electron chi connectivity index (χ3n) is 3.68. The van der Waals surface area contributed by atoms with Crippen molar-refractivity contribution in [3.8, 4) is 10.6 Å². The maximum absolute atomic E-state index is 13.2. The highest BCUT2D eigenvalue weighted by molar-refractivity contribution is 7.13. The summed E-state index contributed by atoms with van der Waals surface area (Å²) in [5, 5.41) is 5.62. The molecule has 1 aromatic carbocycles. The van der Waals surface area contributed by atoms with E-state index in [1.54, 1.807) is 6.07 Å². The minimum Gasteiger partial charge on any atom is -0.353 e. The lowest BCUT2D eigenvalue weighted by molar-refractivity contribution is -0.121. The summed E-state index contributed by atoms with van der Waals surface area (Å²) >= 11 is 1.43. The Morgan fingerprint density at radius 3 is 3.05 bits per heavy atom. The summed E-state index contributed by atoms with van der Waals surface area (Å²) in [7, 11) is 0. The second-order valence-corrected chi connectivity index (χ2v) is 6.38. The maximum atomic E-state index is 13.2. The molecule has 3 rings (SSSR count). The molecular formula is C16H17FN2OS. The molecule has 2 aromatic rings. The van der Waals surface area contributed by atoms with Gasteiger partial charge in [-0.3, -0.25) is 4.79 Å². The summed E-state index contributed by atoms with van der Waals surface area (Å²) in [4.78, 5) is 16.4. The van der Waals surface area contributed by atoms with E-state index in [0.29, 0.717) is 5.92 Å². The van der Waals surface area contributed by atoms with Gasteiger partial charge in [-0.15, -0.1) is 11.3 Å². The van der Waals surface area contributed by atoms with Gasteiger partial charge in [-0.05, 0) is 37.8 Å². The van der Waals surface area contributed by atoms with E-state index in [-0.39, 0.29) is 24.2 Å². The Morgan fingerprint density at radius 1 is 1.52 bits per heavy atom. The summed E-state index contributed by atoms with van der Waals surface area (Å²) in [6, 6.07) is 6.60. The smallest absolute Gasteiger partial charge is 0.226 e. The molecule has 1 fully saturated rings. The standard InChI is InChI=1S/C16H17FN2OS/c1-10(11-5-6-11)18-15(20)8-14-9-21-16(19-14)12-3-2-4-13(17)7-12/h2-4,7,9-11H,5-6,8H2,1H3,(H,18,20). The van der Waals surface area contributed by atoms with Crippen LogP contribution in [-0.4, -0.2) is 16.9 Å². The predicted molar refractivity (Wildman–Crippen MR) is 81.5 cm³/mol. The quantitative estimate of drug-likeness (QED) is 0.920. The number of nitrogens with zero attached hydrogens (tertiary/aromatic N) is 1. The van der Waals surface area contributed by atoms with Gasteiger partial charge in [0.25, 0.3) is 0 Å². The number of rotatable bonds is 5. The van der Waals surface area contributed by atoms with E-state index >= 15 is 0 Å². The molecule has 1 aliphatic carbocycles. The topological polar surface area (TPSA) is 42.0 Å². The minimum absolute atomic E-state index is 0.00509. The van der Waals surface area contributed by atoms with Crippen molar-refractivity contribution in [3.05, 3.63) is 41.2 Å². The van der Waals surface area contributed by atoms with Crippen LogP contribution < -0.4 is 5.32 Å². The van der Waals surface area contributed by atoms with Gasteiger partial charge < -0.3 is 5.32 Å². The molecule has 110 valence electrons. The molecule has 0 bridgehead atoms. The van der Waals surface area contributed by atoms with E-state index in [4.69, 9.17) is 0 Å². The van der Waals surface area contributed by atoms with Crippen molar-refractivity contribution in [3.63, 3.8) is 0 Å².